The van der Waals surface area contributed by atoms with E-state index in [0.29, 0.717) is 18.2 Å². The average Bonchev–Trinajstić information content (AvgIpc) is 2.86. The van der Waals surface area contributed by atoms with Gasteiger partial charge >= 0.3 is 0 Å². The molecule has 5 nitrogen and oxygen atoms in total. The van der Waals surface area contributed by atoms with Crippen LogP contribution >= 0.6 is 0 Å². The summed E-state index contributed by atoms with van der Waals surface area (Å²) in [6, 6.07) is 8.90. The maximum atomic E-state index is 13.5. The molecule has 0 radical (unpaired) electrons. The number of nitrogens with zero attached hydrogens (tertiary/aromatic N) is 2. The number of anilines is 1. The second kappa shape index (κ2) is 10.9. The van der Waals surface area contributed by atoms with E-state index in [2.05, 4.69) is 53.1 Å². The summed E-state index contributed by atoms with van der Waals surface area (Å²) >= 11 is 0. The molecule has 1 saturated carbocycles. The van der Waals surface area contributed by atoms with Crippen LogP contribution in [-0.4, -0.2) is 30.0 Å². The Kier molecular flexibility index (Phi) is 7.74. The summed E-state index contributed by atoms with van der Waals surface area (Å²) in [4.78, 5) is 20.5. The van der Waals surface area contributed by atoms with Crippen LogP contribution in [0.25, 0.3) is 11.1 Å². The van der Waals surface area contributed by atoms with Crippen LogP contribution in [0.1, 0.15) is 67.6 Å². The summed E-state index contributed by atoms with van der Waals surface area (Å²) < 4.78 is 0. The van der Waals surface area contributed by atoms with Gasteiger partial charge in [0.2, 0.25) is 0 Å². The predicted octanol–water partition coefficient (Wildman–Crippen LogP) is 6.20. The molecule has 1 aromatic carbocycles. The molecule has 1 amide bonds. The Labute approximate surface area is 210 Å². The molecule has 0 atom stereocenters. The second-order valence-electron chi connectivity index (χ2n) is 9.76. The van der Waals surface area contributed by atoms with Crippen molar-refractivity contribution in [2.45, 2.75) is 65.8 Å². The third-order valence-electron chi connectivity index (χ3n) is 7.24. The first kappa shape index (κ1) is 24.8. The van der Waals surface area contributed by atoms with Crippen molar-refractivity contribution in [3.63, 3.8) is 0 Å². The molecule has 4 rings (SSSR count). The number of benzene rings is 1. The van der Waals surface area contributed by atoms with E-state index in [0.717, 1.165) is 51.6 Å². The van der Waals surface area contributed by atoms with Gasteiger partial charge in [-0.25, -0.2) is 0 Å². The van der Waals surface area contributed by atoms with E-state index in [9.17, 15) is 4.79 Å². The van der Waals surface area contributed by atoms with Gasteiger partial charge in [0.15, 0.2) is 0 Å². The van der Waals surface area contributed by atoms with Crippen LogP contribution in [0.15, 0.2) is 66.2 Å². The van der Waals surface area contributed by atoms with Gasteiger partial charge in [-0.3, -0.25) is 9.78 Å². The lowest BCUT2D eigenvalue weighted by atomic mass is 9.91. The third-order valence-corrected chi connectivity index (χ3v) is 7.24. The Balaban J connectivity index is 1.70. The van der Waals surface area contributed by atoms with Gasteiger partial charge in [-0.2, -0.15) is 0 Å². The summed E-state index contributed by atoms with van der Waals surface area (Å²) in [7, 11) is 0. The van der Waals surface area contributed by atoms with Crippen LogP contribution in [-0.2, 0) is 0 Å². The quantitative estimate of drug-likeness (QED) is 0.506. The van der Waals surface area contributed by atoms with Gasteiger partial charge in [-0.1, -0.05) is 38.0 Å². The maximum absolute atomic E-state index is 13.5. The normalized spacial score (nSPS) is 16.3. The molecule has 0 spiro atoms. The van der Waals surface area contributed by atoms with E-state index >= 15 is 0 Å². The first-order valence-electron chi connectivity index (χ1n) is 12.8. The number of amides is 1. The molecule has 2 aliphatic rings. The van der Waals surface area contributed by atoms with Gasteiger partial charge in [0.1, 0.15) is 0 Å². The number of allylic oxidation sites excluding steroid dienone is 3. The number of hydrogen-bond donors (Lipinski definition) is 2. The second-order valence-corrected chi connectivity index (χ2v) is 9.76. The lowest BCUT2D eigenvalue weighted by Gasteiger charge is -2.37. The zero-order valence-corrected chi connectivity index (χ0v) is 21.6. The van der Waals surface area contributed by atoms with Crippen molar-refractivity contribution in [2.24, 2.45) is 0 Å². The fraction of sp³-hybridized carbons (Fsp3) is 0.400. The van der Waals surface area contributed by atoms with Crippen molar-refractivity contribution in [1.82, 2.24) is 15.6 Å². The number of hydrogen-bond acceptors (Lipinski definition) is 4. The molecule has 2 heterocycles. The minimum Gasteiger partial charge on any atom is -0.369 e. The fourth-order valence-electron chi connectivity index (χ4n) is 5.18. The molecule has 2 N–H and O–H groups in total. The van der Waals surface area contributed by atoms with Gasteiger partial charge in [0.25, 0.3) is 5.91 Å². The standard InChI is InChI=1S/C30H38N4O/c1-6-34(27-10-8-7-9-11-27)29-17-26(25-15-12-20(2)31-19-25)16-28(22(29)4)30(35)32-18-24-14-13-21(3)33-23(24)5/h12-17,19,27,33H,5-11,18H2,1-4H3,(H,32,35). The maximum Gasteiger partial charge on any atom is 0.251 e. The average molecular weight is 471 g/mol. The molecule has 1 fully saturated rings. The van der Waals surface area contributed by atoms with E-state index in [1.54, 1.807) is 0 Å². The molecule has 184 valence electrons. The number of carbonyl (C=O) groups excluding carboxylic acids is 1. The van der Waals surface area contributed by atoms with Crippen LogP contribution in [0.2, 0.25) is 0 Å². The Morgan fingerprint density at radius 2 is 1.89 bits per heavy atom. The first-order valence-corrected chi connectivity index (χ1v) is 12.8. The van der Waals surface area contributed by atoms with Crippen LogP contribution in [0, 0.1) is 13.8 Å². The number of nitrogens with one attached hydrogen (secondary N) is 2. The summed E-state index contributed by atoms with van der Waals surface area (Å²) in [6.07, 6.45) is 12.2. The van der Waals surface area contributed by atoms with Crippen LogP contribution in [0.3, 0.4) is 0 Å². The van der Waals surface area contributed by atoms with E-state index in [1.807, 2.05) is 44.3 Å². The monoisotopic (exact) mass is 470 g/mol. The lowest BCUT2D eigenvalue weighted by Crippen LogP contribution is -2.37. The summed E-state index contributed by atoms with van der Waals surface area (Å²) in [5, 5.41) is 6.38. The Hall–Kier alpha value is -3.34. The molecular formula is C30H38N4O. The Bertz CT molecular complexity index is 1150. The molecule has 2 aromatic rings. The van der Waals surface area contributed by atoms with Crippen LogP contribution < -0.4 is 15.5 Å². The number of aryl methyl sites for hydroxylation is 1. The highest BCUT2D eigenvalue weighted by Crippen LogP contribution is 2.35. The van der Waals surface area contributed by atoms with Crippen LogP contribution in [0.4, 0.5) is 5.69 Å². The molecule has 5 heteroatoms. The largest absolute Gasteiger partial charge is 0.369 e. The van der Waals surface area contributed by atoms with Gasteiger partial charge in [-0.05, 0) is 81.5 Å². The number of dihydropyridines is 1. The molecule has 0 bridgehead atoms. The number of aromatic nitrogens is 1. The van der Waals surface area contributed by atoms with E-state index < -0.39 is 0 Å². The van der Waals surface area contributed by atoms with E-state index in [-0.39, 0.29) is 5.91 Å². The van der Waals surface area contributed by atoms with Crippen molar-refractivity contribution >= 4 is 11.6 Å². The third kappa shape index (κ3) is 5.67. The number of pyridine rings is 1. The smallest absolute Gasteiger partial charge is 0.251 e. The number of rotatable bonds is 7. The SMILES string of the molecule is C=C1NC(C)=CC=C1CNC(=O)c1cc(-c2ccc(C)nc2)cc(N(CC)C2CCCCC2)c1C. The predicted molar refractivity (Wildman–Crippen MR) is 145 cm³/mol. The van der Waals surface area contributed by atoms with Crippen molar-refractivity contribution < 1.29 is 4.79 Å². The van der Waals surface area contributed by atoms with Crippen LogP contribution in [0.5, 0.6) is 0 Å². The Morgan fingerprint density at radius 3 is 2.54 bits per heavy atom. The molecule has 0 saturated heterocycles. The molecule has 35 heavy (non-hydrogen) atoms. The summed E-state index contributed by atoms with van der Waals surface area (Å²) in [5.41, 5.74) is 8.80. The molecule has 1 aliphatic carbocycles. The van der Waals surface area contributed by atoms with E-state index in [1.165, 1.54) is 32.1 Å². The zero-order chi connectivity index (χ0) is 24.9. The van der Waals surface area contributed by atoms with Gasteiger partial charge in [0.05, 0.1) is 0 Å². The van der Waals surface area contributed by atoms with Gasteiger partial charge in [0, 0.05) is 59.2 Å². The summed E-state index contributed by atoms with van der Waals surface area (Å²) in [6.45, 7) is 13.7. The van der Waals surface area contributed by atoms with Crippen molar-refractivity contribution in [2.75, 3.05) is 18.0 Å². The highest BCUT2D eigenvalue weighted by Gasteiger charge is 2.24. The van der Waals surface area contributed by atoms with Crippen molar-refractivity contribution in [3.05, 3.63) is 83.0 Å². The molecule has 0 unspecified atom stereocenters. The minimum atomic E-state index is -0.0645. The topological polar surface area (TPSA) is 57.3 Å². The van der Waals surface area contributed by atoms with E-state index in [4.69, 9.17) is 0 Å². The van der Waals surface area contributed by atoms with Gasteiger partial charge in [-0.15, -0.1) is 0 Å². The highest BCUT2D eigenvalue weighted by molar-refractivity contribution is 5.99. The molecular weight excluding hydrogens is 432 g/mol. The van der Waals surface area contributed by atoms with Crippen molar-refractivity contribution in [1.29, 1.82) is 0 Å². The number of carbonyl (C=O) groups is 1. The fourth-order valence-corrected chi connectivity index (χ4v) is 5.18. The first-order chi connectivity index (χ1) is 16.9. The summed E-state index contributed by atoms with van der Waals surface area (Å²) in [5.74, 6) is -0.0645. The Morgan fingerprint density at radius 1 is 1.11 bits per heavy atom. The van der Waals surface area contributed by atoms with Crippen molar-refractivity contribution in [3.8, 4) is 11.1 Å². The zero-order valence-electron chi connectivity index (χ0n) is 21.6. The lowest BCUT2D eigenvalue weighted by molar-refractivity contribution is 0.0956. The molecule has 1 aliphatic heterocycles. The minimum absolute atomic E-state index is 0.0645. The molecule has 1 aromatic heterocycles. The highest BCUT2D eigenvalue weighted by atomic mass is 16.1. The van der Waals surface area contributed by atoms with Gasteiger partial charge < -0.3 is 15.5 Å².